The molecule has 1 atom stereocenters. The summed E-state index contributed by atoms with van der Waals surface area (Å²) in [6.45, 7) is 2.39. The standard InChI is InChI=1S/C29H29N3O3S2/c1-21-17-25(12-15-28(21)22-10-13-27(14-11-22)37(2,33)34)35-20-24-19-31-29(36-26-8-4-3-5-9-26)32(24)23-7-6-16-30-18-23/h4,6-8,10-19,26H,3,5,9,20H2,1-2H3. The second-order valence-corrected chi connectivity index (χ2v) is 12.4. The molecule has 0 saturated heterocycles. The number of ether oxygens (including phenoxy) is 1. The normalized spacial score (nSPS) is 15.6. The van der Waals surface area contributed by atoms with E-state index in [-0.39, 0.29) is 0 Å². The molecule has 0 radical (unpaired) electrons. The molecule has 0 aliphatic heterocycles. The van der Waals surface area contributed by atoms with Crippen molar-refractivity contribution in [2.75, 3.05) is 6.26 Å². The molecule has 0 N–H and O–H groups in total. The van der Waals surface area contributed by atoms with Gasteiger partial charge >= 0.3 is 0 Å². The molecular weight excluding hydrogens is 502 g/mol. The number of hydrogen-bond donors (Lipinski definition) is 0. The molecule has 8 heteroatoms. The molecule has 0 spiro atoms. The number of hydrogen-bond acceptors (Lipinski definition) is 6. The van der Waals surface area contributed by atoms with Crippen LogP contribution in [-0.4, -0.2) is 34.5 Å². The number of sulfone groups is 1. The van der Waals surface area contributed by atoms with Gasteiger partial charge in [-0.05, 0) is 79.3 Å². The summed E-state index contributed by atoms with van der Waals surface area (Å²) in [6.07, 6.45) is 14.8. The molecule has 2 aromatic heterocycles. The minimum atomic E-state index is -3.22. The highest BCUT2D eigenvalue weighted by Gasteiger charge is 2.18. The zero-order chi connectivity index (χ0) is 25.8. The van der Waals surface area contributed by atoms with Crippen molar-refractivity contribution >= 4 is 21.6 Å². The van der Waals surface area contributed by atoms with Crippen molar-refractivity contribution in [2.45, 2.75) is 48.1 Å². The Labute approximate surface area is 222 Å². The van der Waals surface area contributed by atoms with Crippen LogP contribution >= 0.6 is 11.8 Å². The smallest absolute Gasteiger partial charge is 0.175 e. The Morgan fingerprint density at radius 1 is 1.11 bits per heavy atom. The summed E-state index contributed by atoms with van der Waals surface area (Å²) in [5.41, 5.74) is 4.96. The van der Waals surface area contributed by atoms with Crippen molar-refractivity contribution in [3.05, 3.63) is 96.6 Å². The zero-order valence-electron chi connectivity index (χ0n) is 20.9. The number of pyridine rings is 1. The van der Waals surface area contributed by atoms with Gasteiger partial charge in [-0.15, -0.1) is 0 Å². The first-order valence-corrected chi connectivity index (χ1v) is 15.0. The molecule has 0 bridgehead atoms. The summed E-state index contributed by atoms with van der Waals surface area (Å²) < 4.78 is 31.9. The number of thioether (sulfide) groups is 1. The molecule has 1 aliphatic rings. The van der Waals surface area contributed by atoms with Crippen LogP contribution in [0.25, 0.3) is 16.8 Å². The van der Waals surface area contributed by atoms with Crippen molar-refractivity contribution in [2.24, 2.45) is 0 Å². The molecule has 0 amide bonds. The largest absolute Gasteiger partial charge is 0.487 e. The van der Waals surface area contributed by atoms with Crippen molar-refractivity contribution < 1.29 is 13.2 Å². The molecule has 2 heterocycles. The van der Waals surface area contributed by atoms with Crippen LogP contribution in [0.15, 0.2) is 95.4 Å². The van der Waals surface area contributed by atoms with E-state index in [0.29, 0.717) is 16.8 Å². The number of allylic oxidation sites excluding steroid dienone is 1. The average Bonchev–Trinajstić information content (AvgIpc) is 3.30. The molecule has 5 rings (SSSR count). The molecule has 1 aliphatic carbocycles. The number of aromatic nitrogens is 3. The first kappa shape index (κ1) is 25.3. The van der Waals surface area contributed by atoms with Gasteiger partial charge in [-0.25, -0.2) is 13.4 Å². The Morgan fingerprint density at radius 2 is 1.95 bits per heavy atom. The van der Waals surface area contributed by atoms with Crippen LogP contribution in [0.4, 0.5) is 0 Å². The van der Waals surface area contributed by atoms with Crippen LogP contribution in [0.2, 0.25) is 0 Å². The van der Waals surface area contributed by atoms with E-state index >= 15 is 0 Å². The Morgan fingerprint density at radius 3 is 2.62 bits per heavy atom. The highest BCUT2D eigenvalue weighted by Crippen LogP contribution is 2.33. The highest BCUT2D eigenvalue weighted by molar-refractivity contribution is 7.99. The summed E-state index contributed by atoms with van der Waals surface area (Å²) in [7, 11) is -3.22. The van der Waals surface area contributed by atoms with Crippen molar-refractivity contribution in [3.8, 4) is 22.6 Å². The van der Waals surface area contributed by atoms with E-state index in [9.17, 15) is 8.42 Å². The van der Waals surface area contributed by atoms with Gasteiger partial charge in [0.1, 0.15) is 12.4 Å². The van der Waals surface area contributed by atoms with Gasteiger partial charge in [0.2, 0.25) is 0 Å². The van der Waals surface area contributed by atoms with Crippen molar-refractivity contribution in [1.29, 1.82) is 0 Å². The monoisotopic (exact) mass is 531 g/mol. The van der Waals surface area contributed by atoms with E-state index in [1.54, 1.807) is 30.1 Å². The third kappa shape index (κ3) is 5.97. The Hall–Kier alpha value is -3.36. The van der Waals surface area contributed by atoms with Crippen LogP contribution in [0.5, 0.6) is 5.75 Å². The van der Waals surface area contributed by atoms with Gasteiger partial charge in [0.15, 0.2) is 15.0 Å². The van der Waals surface area contributed by atoms with Crippen LogP contribution in [-0.2, 0) is 16.4 Å². The fraction of sp³-hybridized carbons (Fsp3) is 0.241. The molecular formula is C29H29N3O3S2. The Bertz CT molecular complexity index is 1510. The van der Waals surface area contributed by atoms with Gasteiger partial charge in [-0.1, -0.05) is 42.1 Å². The van der Waals surface area contributed by atoms with Crippen molar-refractivity contribution in [3.63, 3.8) is 0 Å². The van der Waals surface area contributed by atoms with Crippen LogP contribution in [0, 0.1) is 6.92 Å². The van der Waals surface area contributed by atoms with Crippen LogP contribution in [0.3, 0.4) is 0 Å². The maximum absolute atomic E-state index is 11.8. The minimum absolute atomic E-state index is 0.316. The highest BCUT2D eigenvalue weighted by atomic mass is 32.2. The number of aryl methyl sites for hydroxylation is 1. The second-order valence-electron chi connectivity index (χ2n) is 9.16. The minimum Gasteiger partial charge on any atom is -0.487 e. The van der Waals surface area contributed by atoms with Gasteiger partial charge in [-0.3, -0.25) is 9.55 Å². The molecule has 190 valence electrons. The molecule has 6 nitrogen and oxygen atoms in total. The summed E-state index contributed by atoms with van der Waals surface area (Å²) >= 11 is 1.78. The summed E-state index contributed by atoms with van der Waals surface area (Å²) in [4.78, 5) is 9.36. The molecule has 1 unspecified atom stereocenters. The van der Waals surface area contributed by atoms with Gasteiger partial charge < -0.3 is 4.74 Å². The fourth-order valence-corrected chi connectivity index (χ4v) is 6.24. The number of rotatable bonds is 8. The van der Waals surface area contributed by atoms with Gasteiger partial charge in [0.25, 0.3) is 0 Å². The van der Waals surface area contributed by atoms with E-state index in [2.05, 4.69) is 21.7 Å². The second kappa shape index (κ2) is 10.9. The zero-order valence-corrected chi connectivity index (χ0v) is 22.5. The quantitative estimate of drug-likeness (QED) is 0.244. The first-order chi connectivity index (χ1) is 17.9. The SMILES string of the molecule is Cc1cc(OCc2cnc(SC3C=CCCC3)n2-c2cccnc2)ccc1-c1ccc(S(C)(=O)=O)cc1. The van der Waals surface area contributed by atoms with E-state index in [4.69, 9.17) is 9.72 Å². The van der Waals surface area contributed by atoms with Crippen LogP contribution in [0.1, 0.15) is 30.5 Å². The lowest BCUT2D eigenvalue weighted by molar-refractivity contribution is 0.298. The van der Waals surface area contributed by atoms with E-state index in [1.165, 1.54) is 12.7 Å². The lowest BCUT2D eigenvalue weighted by Gasteiger charge is -2.17. The third-order valence-corrected chi connectivity index (χ3v) is 8.67. The van der Waals surface area contributed by atoms with Gasteiger partial charge in [0.05, 0.1) is 28.7 Å². The lowest BCUT2D eigenvalue weighted by Crippen LogP contribution is -2.08. The fourth-order valence-electron chi connectivity index (χ4n) is 4.42. The molecule has 0 saturated carbocycles. The maximum atomic E-state index is 11.8. The lowest BCUT2D eigenvalue weighted by atomic mass is 10.0. The molecule has 2 aromatic carbocycles. The summed E-state index contributed by atoms with van der Waals surface area (Å²) in [6, 6.07) is 16.9. The van der Waals surface area contributed by atoms with Crippen molar-refractivity contribution in [1.82, 2.24) is 14.5 Å². The predicted octanol–water partition coefficient (Wildman–Crippen LogP) is 6.43. The Balaban J connectivity index is 1.35. The first-order valence-electron chi connectivity index (χ1n) is 12.2. The molecule has 4 aromatic rings. The predicted molar refractivity (Wildman–Crippen MR) is 148 cm³/mol. The average molecular weight is 532 g/mol. The number of nitrogens with zero attached hydrogens (tertiary/aromatic N) is 3. The van der Waals surface area contributed by atoms with E-state index < -0.39 is 9.84 Å². The number of benzene rings is 2. The van der Waals surface area contributed by atoms with Crippen LogP contribution < -0.4 is 4.74 Å². The number of imidazole rings is 1. The summed E-state index contributed by atoms with van der Waals surface area (Å²) in [5.74, 6) is 0.761. The van der Waals surface area contributed by atoms with E-state index in [0.717, 1.165) is 51.8 Å². The summed E-state index contributed by atoms with van der Waals surface area (Å²) in [5, 5.41) is 1.36. The topological polar surface area (TPSA) is 74.1 Å². The van der Waals surface area contributed by atoms with Gasteiger partial charge in [0, 0.05) is 17.7 Å². The molecule has 0 fully saturated rings. The van der Waals surface area contributed by atoms with E-state index in [1.807, 2.05) is 61.8 Å². The van der Waals surface area contributed by atoms with Gasteiger partial charge in [-0.2, -0.15) is 0 Å². The third-order valence-electron chi connectivity index (χ3n) is 6.35. The Kier molecular flexibility index (Phi) is 7.48. The molecule has 37 heavy (non-hydrogen) atoms. The maximum Gasteiger partial charge on any atom is 0.175 e.